The lowest BCUT2D eigenvalue weighted by atomic mass is 9.51. The summed E-state index contributed by atoms with van der Waals surface area (Å²) in [5.41, 5.74) is 0.846. The molecule has 7 rings (SSSR count). The zero-order valence-electron chi connectivity index (χ0n) is 26.0. The highest BCUT2D eigenvalue weighted by Crippen LogP contribution is 2.64. The molecule has 3 aromatic rings. The molecule has 0 bridgehead atoms. The third-order valence-corrected chi connectivity index (χ3v) is 11.5. The number of anilines is 2. The molecule has 4 aliphatic rings. The van der Waals surface area contributed by atoms with Crippen LogP contribution in [0, 0.1) is 34.9 Å². The summed E-state index contributed by atoms with van der Waals surface area (Å²) >= 11 is 9.47. The van der Waals surface area contributed by atoms with Gasteiger partial charge in [0.1, 0.15) is 5.82 Å². The Morgan fingerprint density at radius 3 is 2.31 bits per heavy atom. The number of hydrogen-bond acceptors (Lipinski definition) is 7. The number of ketones is 1. The second kappa shape index (κ2) is 11.4. The molecule has 3 aromatic carbocycles. The lowest BCUT2D eigenvalue weighted by Gasteiger charge is -2.49. The minimum absolute atomic E-state index is 0.114. The van der Waals surface area contributed by atoms with Crippen molar-refractivity contribution in [3.8, 4) is 11.5 Å². The highest BCUT2D eigenvalue weighted by molar-refractivity contribution is 9.10. The first-order valence-electron chi connectivity index (χ1n) is 15.4. The van der Waals surface area contributed by atoms with E-state index in [9.17, 15) is 33.5 Å². The minimum atomic E-state index is -1.37. The first-order chi connectivity index (χ1) is 22.8. The first kappa shape index (κ1) is 32.2. The van der Waals surface area contributed by atoms with E-state index in [1.54, 1.807) is 43.3 Å². The van der Waals surface area contributed by atoms with E-state index in [2.05, 4.69) is 15.9 Å². The van der Waals surface area contributed by atoms with Crippen LogP contribution in [0.5, 0.6) is 11.5 Å². The molecule has 2 aliphatic carbocycles. The van der Waals surface area contributed by atoms with Crippen LogP contribution in [0.1, 0.15) is 48.5 Å². The normalized spacial score (nSPS) is 27.9. The lowest BCUT2D eigenvalue weighted by Crippen LogP contribution is -2.48. The molecule has 0 unspecified atom stereocenters. The topological polar surface area (TPSA) is 121 Å². The van der Waals surface area contributed by atoms with Crippen molar-refractivity contribution in [3.63, 3.8) is 0 Å². The van der Waals surface area contributed by atoms with Crippen molar-refractivity contribution in [2.24, 2.45) is 29.1 Å². The van der Waals surface area contributed by atoms with E-state index in [0.717, 1.165) is 21.4 Å². The number of aromatic hydroxyl groups is 1. The molecular weight excluding hydrogens is 707 g/mol. The van der Waals surface area contributed by atoms with Gasteiger partial charge >= 0.3 is 0 Å². The van der Waals surface area contributed by atoms with Gasteiger partial charge in [0, 0.05) is 11.5 Å². The Labute approximate surface area is 288 Å². The number of Topliss-reactive ketones (excluding diaryl/α,β-unsaturated/α-hetero) is 1. The van der Waals surface area contributed by atoms with E-state index in [1.807, 2.05) is 6.08 Å². The second-order valence-corrected chi connectivity index (χ2v) is 14.2. The van der Waals surface area contributed by atoms with Gasteiger partial charge in [0.25, 0.3) is 0 Å². The highest BCUT2D eigenvalue weighted by atomic mass is 79.9. The molecule has 246 valence electrons. The van der Waals surface area contributed by atoms with Crippen molar-refractivity contribution >= 4 is 68.3 Å². The number of methoxy groups -OCH3 is 1. The molecule has 3 fully saturated rings. The summed E-state index contributed by atoms with van der Waals surface area (Å²) in [4.78, 5) is 71.1. The van der Waals surface area contributed by atoms with Crippen molar-refractivity contribution in [1.82, 2.24) is 0 Å². The fourth-order valence-corrected chi connectivity index (χ4v) is 8.92. The molecule has 4 amide bonds. The monoisotopic (exact) mass is 734 g/mol. The number of ether oxygens (including phenoxy) is 1. The third kappa shape index (κ3) is 4.50. The number of fused-ring (bicyclic) bond motifs is 4. The number of hydrogen-bond donors (Lipinski definition) is 1. The van der Waals surface area contributed by atoms with E-state index in [-0.39, 0.29) is 46.7 Å². The Bertz CT molecular complexity index is 2000. The molecule has 12 heteroatoms. The number of rotatable bonds is 5. The van der Waals surface area contributed by atoms with E-state index in [0.29, 0.717) is 21.3 Å². The van der Waals surface area contributed by atoms with Gasteiger partial charge in [-0.05, 0) is 109 Å². The smallest absolute Gasteiger partial charge is 0.241 e. The largest absolute Gasteiger partial charge is 0.503 e. The van der Waals surface area contributed by atoms with Crippen molar-refractivity contribution in [3.05, 3.63) is 92.7 Å². The summed E-state index contributed by atoms with van der Waals surface area (Å²) in [7, 11) is 1.40. The highest BCUT2D eigenvalue weighted by Gasteiger charge is 2.67. The van der Waals surface area contributed by atoms with Crippen LogP contribution in [0.15, 0.2) is 70.7 Å². The Balaban J connectivity index is 1.37. The van der Waals surface area contributed by atoms with Crippen LogP contribution in [0.4, 0.5) is 15.8 Å². The number of benzene rings is 3. The Kier molecular flexibility index (Phi) is 7.63. The number of allylic oxidation sites excluding steroid dienone is 2. The number of imide groups is 2. The molecule has 0 aromatic heterocycles. The number of nitrogens with zero attached hydrogens (tertiary/aromatic N) is 2. The first-order valence-corrected chi connectivity index (χ1v) is 16.5. The molecular formula is C36H29BrClFN2O7. The summed E-state index contributed by atoms with van der Waals surface area (Å²) in [6, 6.07) is 13.2. The van der Waals surface area contributed by atoms with Crippen LogP contribution < -0.4 is 14.5 Å². The summed E-state index contributed by atoms with van der Waals surface area (Å²) in [6.07, 6.45) is 2.26. The molecule has 1 N–H and O–H groups in total. The molecule has 2 aliphatic heterocycles. The number of carbonyl (C=O) groups is 5. The fourth-order valence-electron chi connectivity index (χ4n) is 8.28. The van der Waals surface area contributed by atoms with Gasteiger partial charge in [0.15, 0.2) is 17.3 Å². The van der Waals surface area contributed by atoms with Crippen molar-refractivity contribution in [2.45, 2.75) is 32.6 Å². The zero-order valence-corrected chi connectivity index (χ0v) is 28.3. The average Bonchev–Trinajstić information content (AvgIpc) is 3.43. The lowest BCUT2D eigenvalue weighted by molar-refractivity contribution is -0.131. The van der Waals surface area contributed by atoms with E-state index in [4.69, 9.17) is 16.3 Å². The average molecular weight is 736 g/mol. The number of phenols is 1. The van der Waals surface area contributed by atoms with Crippen LogP contribution in [0.3, 0.4) is 0 Å². The van der Waals surface area contributed by atoms with E-state index in [1.165, 1.54) is 26.2 Å². The number of halogens is 3. The maximum Gasteiger partial charge on any atom is 0.241 e. The van der Waals surface area contributed by atoms with Gasteiger partial charge in [-0.25, -0.2) is 9.29 Å². The standard InChI is InChI=1S/C36H29BrClFN2O7/c1-16(42)17-4-6-19(7-5-17)40-32(44)22-10-9-21-23(29(22)34(40)46)15-24-33(45)41(20-8-11-27(39)26(38)14-20)35(47)36(24,2)30(21)18-12-25(37)31(43)28(13-18)48-3/h4-9,11-14,22-24,29-30,43H,10,15H2,1-3H3/t22-,23+,24-,29-,30-,36+/m0/s1. The van der Waals surface area contributed by atoms with Gasteiger partial charge in [-0.15, -0.1) is 0 Å². The fraction of sp³-hybridized carbons (Fsp3) is 0.306. The maximum atomic E-state index is 14.6. The molecule has 6 atom stereocenters. The maximum absolute atomic E-state index is 14.6. The Morgan fingerprint density at radius 2 is 1.67 bits per heavy atom. The van der Waals surface area contributed by atoms with Crippen LogP contribution in [0.25, 0.3) is 0 Å². The van der Waals surface area contributed by atoms with Crippen LogP contribution >= 0.6 is 27.5 Å². The molecule has 2 saturated heterocycles. The number of carbonyl (C=O) groups excluding carboxylic acids is 5. The number of amides is 4. The molecule has 2 heterocycles. The van der Waals surface area contributed by atoms with Crippen LogP contribution in [0.2, 0.25) is 5.02 Å². The van der Waals surface area contributed by atoms with Gasteiger partial charge in [0.05, 0.1) is 51.1 Å². The zero-order chi connectivity index (χ0) is 34.4. The van der Waals surface area contributed by atoms with Crippen molar-refractivity contribution in [1.29, 1.82) is 0 Å². The van der Waals surface area contributed by atoms with Gasteiger partial charge in [-0.1, -0.05) is 23.3 Å². The molecule has 0 spiro atoms. The van der Waals surface area contributed by atoms with Crippen LogP contribution in [-0.2, 0) is 19.2 Å². The molecule has 1 saturated carbocycles. The summed E-state index contributed by atoms with van der Waals surface area (Å²) < 4.78 is 19.9. The summed E-state index contributed by atoms with van der Waals surface area (Å²) in [5.74, 6) is -6.45. The summed E-state index contributed by atoms with van der Waals surface area (Å²) in [6.45, 7) is 3.15. The predicted octanol–water partition coefficient (Wildman–Crippen LogP) is 6.59. The van der Waals surface area contributed by atoms with Gasteiger partial charge < -0.3 is 9.84 Å². The Hall–Kier alpha value is -4.35. The summed E-state index contributed by atoms with van der Waals surface area (Å²) in [5, 5.41) is 10.4. The second-order valence-electron chi connectivity index (χ2n) is 12.9. The van der Waals surface area contributed by atoms with Gasteiger partial charge in [-0.3, -0.25) is 28.9 Å². The van der Waals surface area contributed by atoms with Crippen molar-refractivity contribution < 1.29 is 38.2 Å². The van der Waals surface area contributed by atoms with E-state index >= 15 is 0 Å². The predicted molar refractivity (Wildman–Crippen MR) is 177 cm³/mol. The minimum Gasteiger partial charge on any atom is -0.503 e. The number of phenolic OH excluding ortho intramolecular Hbond substituents is 1. The quantitative estimate of drug-likeness (QED) is 0.178. The van der Waals surface area contributed by atoms with Crippen LogP contribution in [-0.4, -0.2) is 41.6 Å². The van der Waals surface area contributed by atoms with Crippen molar-refractivity contribution in [2.75, 3.05) is 16.9 Å². The van der Waals surface area contributed by atoms with E-state index < -0.39 is 58.5 Å². The van der Waals surface area contributed by atoms with Gasteiger partial charge in [-0.2, -0.15) is 0 Å². The Morgan fingerprint density at radius 1 is 0.979 bits per heavy atom. The SMILES string of the molecule is COc1cc([C@H]2C3=CC[C@@H]4C(=O)N(c5ccc(C(C)=O)cc5)C(=O)[C@@H]4[C@@H]3C[C@H]3C(=O)N(c4ccc(F)c(Cl)c4)C(=O)[C@@]23C)cc(Br)c1O. The third-order valence-electron chi connectivity index (χ3n) is 10.6. The van der Waals surface area contributed by atoms with Gasteiger partial charge in [0.2, 0.25) is 23.6 Å². The molecule has 9 nitrogen and oxygen atoms in total. The molecule has 0 radical (unpaired) electrons. The molecule has 48 heavy (non-hydrogen) atoms.